The number of hydrazine groups is 1. The van der Waals surface area contributed by atoms with Crippen molar-refractivity contribution in [2.75, 3.05) is 0 Å². The molecule has 0 atom stereocenters. The fourth-order valence-electron chi connectivity index (χ4n) is 2.47. The zero-order valence-electron chi connectivity index (χ0n) is 14.7. The number of benzene rings is 2. The molecule has 5 nitrogen and oxygen atoms in total. The molecule has 8 heteroatoms. The van der Waals surface area contributed by atoms with Gasteiger partial charge in [0.05, 0.1) is 12.1 Å². The van der Waals surface area contributed by atoms with E-state index in [1.165, 1.54) is 29.5 Å². The number of thiazole rings is 1. The highest BCUT2D eigenvalue weighted by molar-refractivity contribution is 7.13. The number of nitrogens with zero attached hydrogens (tertiary/aromatic N) is 1. The lowest BCUT2D eigenvalue weighted by Crippen LogP contribution is -2.42. The van der Waals surface area contributed by atoms with Crippen molar-refractivity contribution >= 4 is 23.2 Å². The van der Waals surface area contributed by atoms with Gasteiger partial charge in [-0.25, -0.2) is 13.8 Å². The molecule has 0 saturated heterocycles. The molecule has 2 aromatic carbocycles. The van der Waals surface area contributed by atoms with E-state index in [0.29, 0.717) is 16.3 Å². The van der Waals surface area contributed by atoms with Crippen LogP contribution in [0.1, 0.15) is 17.7 Å². The van der Waals surface area contributed by atoms with E-state index in [9.17, 15) is 18.4 Å². The quantitative estimate of drug-likeness (QED) is 0.622. The van der Waals surface area contributed by atoms with Gasteiger partial charge < -0.3 is 0 Å². The average molecular weight is 401 g/mol. The lowest BCUT2D eigenvalue weighted by atomic mass is 10.1. The molecule has 0 radical (unpaired) electrons. The van der Waals surface area contributed by atoms with Crippen LogP contribution in [0.25, 0.3) is 10.6 Å². The van der Waals surface area contributed by atoms with Crippen molar-refractivity contribution < 1.29 is 18.4 Å². The zero-order chi connectivity index (χ0) is 19.9. The van der Waals surface area contributed by atoms with Gasteiger partial charge >= 0.3 is 0 Å². The summed E-state index contributed by atoms with van der Waals surface area (Å²) in [6, 6.07) is 12.2. The minimum absolute atomic E-state index is 0.00864. The second-order valence-electron chi connectivity index (χ2n) is 6.02. The van der Waals surface area contributed by atoms with Crippen LogP contribution in [0.4, 0.5) is 8.78 Å². The van der Waals surface area contributed by atoms with Gasteiger partial charge in [0.2, 0.25) is 11.8 Å². The fraction of sp³-hybridized carbons (Fsp3) is 0.150. The molecule has 3 aromatic rings. The topological polar surface area (TPSA) is 71.1 Å². The highest BCUT2D eigenvalue weighted by atomic mass is 32.1. The molecule has 0 aliphatic carbocycles. The van der Waals surface area contributed by atoms with Crippen LogP contribution >= 0.6 is 11.3 Å². The zero-order valence-corrected chi connectivity index (χ0v) is 15.6. The van der Waals surface area contributed by atoms with Gasteiger partial charge in [-0.2, -0.15) is 0 Å². The smallest absolute Gasteiger partial charge is 0.244 e. The molecule has 3 rings (SSSR count). The minimum atomic E-state index is -0.421. The molecule has 0 bridgehead atoms. The van der Waals surface area contributed by atoms with Gasteiger partial charge in [0.25, 0.3) is 0 Å². The Balaban J connectivity index is 1.45. The molecule has 0 aliphatic heterocycles. The van der Waals surface area contributed by atoms with Crippen LogP contribution in [0.3, 0.4) is 0 Å². The first-order chi connectivity index (χ1) is 13.5. The number of carbonyl (C=O) groups excluding carboxylic acids is 2. The Labute approximate surface area is 164 Å². The highest BCUT2D eigenvalue weighted by Crippen LogP contribution is 2.24. The maximum atomic E-state index is 13.5. The summed E-state index contributed by atoms with van der Waals surface area (Å²) >= 11 is 1.35. The summed E-state index contributed by atoms with van der Waals surface area (Å²) in [5, 5.41) is 2.41. The third-order valence-corrected chi connectivity index (χ3v) is 4.85. The molecule has 0 saturated carbocycles. The van der Waals surface area contributed by atoms with E-state index in [0.717, 1.165) is 5.56 Å². The van der Waals surface area contributed by atoms with Crippen molar-refractivity contribution in [1.29, 1.82) is 0 Å². The first-order valence-corrected chi connectivity index (χ1v) is 9.40. The summed E-state index contributed by atoms with van der Waals surface area (Å²) in [6.07, 6.45) is 0.277. The van der Waals surface area contributed by atoms with E-state index in [1.54, 1.807) is 35.7 Å². The van der Waals surface area contributed by atoms with Gasteiger partial charge in [-0.3, -0.25) is 20.4 Å². The summed E-state index contributed by atoms with van der Waals surface area (Å²) in [5.74, 6) is -1.53. The van der Waals surface area contributed by atoms with Crippen LogP contribution < -0.4 is 10.9 Å². The lowest BCUT2D eigenvalue weighted by molar-refractivity contribution is -0.128. The molecule has 1 heterocycles. The van der Waals surface area contributed by atoms with Crippen molar-refractivity contribution in [2.45, 2.75) is 19.3 Å². The van der Waals surface area contributed by atoms with Crippen LogP contribution in [-0.2, 0) is 22.4 Å². The number of hydrogen-bond donors (Lipinski definition) is 2. The molecular formula is C20H17F2N3O2S. The number of amides is 2. The monoisotopic (exact) mass is 401 g/mol. The Kier molecular flexibility index (Phi) is 6.44. The second kappa shape index (κ2) is 9.18. The van der Waals surface area contributed by atoms with Crippen LogP contribution in [0.5, 0.6) is 0 Å². The molecule has 28 heavy (non-hydrogen) atoms. The largest absolute Gasteiger partial charge is 0.273 e. The average Bonchev–Trinajstić information content (AvgIpc) is 3.14. The second-order valence-corrected chi connectivity index (χ2v) is 6.87. The van der Waals surface area contributed by atoms with E-state index >= 15 is 0 Å². The highest BCUT2D eigenvalue weighted by Gasteiger charge is 2.11. The number of nitrogens with one attached hydrogen (secondary N) is 2. The predicted octanol–water partition coefficient (Wildman–Crippen LogP) is 3.41. The Bertz CT molecular complexity index is 974. The van der Waals surface area contributed by atoms with Gasteiger partial charge in [0.1, 0.15) is 16.6 Å². The van der Waals surface area contributed by atoms with Crippen LogP contribution in [0.2, 0.25) is 0 Å². The number of halogens is 2. The predicted molar refractivity (Wildman–Crippen MR) is 102 cm³/mol. The number of carbonyl (C=O) groups is 2. The Morgan fingerprint density at radius 2 is 1.68 bits per heavy atom. The standard InChI is InChI=1S/C20H17F2N3O2S/c21-15-8-5-14(6-9-15)20-23-16(12-28-20)11-19(27)25-24-18(26)10-7-13-3-1-2-4-17(13)22/h1-6,8-9,12H,7,10-11H2,(H,24,26)(H,25,27). The fourth-order valence-corrected chi connectivity index (χ4v) is 3.30. The molecule has 0 aliphatic rings. The molecule has 2 N–H and O–H groups in total. The maximum absolute atomic E-state index is 13.5. The van der Waals surface area contributed by atoms with E-state index in [-0.39, 0.29) is 30.9 Å². The summed E-state index contributed by atoms with van der Waals surface area (Å²) in [4.78, 5) is 28.1. The van der Waals surface area contributed by atoms with Gasteiger partial charge in [-0.1, -0.05) is 18.2 Å². The van der Waals surface area contributed by atoms with Crippen LogP contribution in [0.15, 0.2) is 53.9 Å². The maximum Gasteiger partial charge on any atom is 0.244 e. The molecule has 0 fully saturated rings. The van der Waals surface area contributed by atoms with Crippen molar-refractivity contribution in [3.8, 4) is 10.6 Å². The number of hydrogen-bond acceptors (Lipinski definition) is 4. The summed E-state index contributed by atoms with van der Waals surface area (Å²) in [5.41, 5.74) is 6.38. The van der Waals surface area contributed by atoms with Gasteiger partial charge in [0.15, 0.2) is 0 Å². The summed E-state index contributed by atoms with van der Waals surface area (Å²) in [7, 11) is 0. The number of aryl methyl sites for hydroxylation is 1. The van der Waals surface area contributed by atoms with Gasteiger partial charge in [-0.15, -0.1) is 11.3 Å². The van der Waals surface area contributed by atoms with Crippen molar-refractivity contribution in [3.63, 3.8) is 0 Å². The van der Waals surface area contributed by atoms with E-state index < -0.39 is 11.8 Å². The molecule has 0 unspecified atom stereocenters. The summed E-state index contributed by atoms with van der Waals surface area (Å²) in [6.45, 7) is 0. The van der Waals surface area contributed by atoms with Crippen molar-refractivity contribution in [3.05, 3.63) is 76.8 Å². The Hall–Kier alpha value is -3.13. The number of rotatable bonds is 6. The SMILES string of the molecule is O=C(CCc1ccccc1F)NNC(=O)Cc1csc(-c2ccc(F)cc2)n1. The third-order valence-electron chi connectivity index (χ3n) is 3.91. The van der Waals surface area contributed by atoms with E-state index in [2.05, 4.69) is 15.8 Å². The van der Waals surface area contributed by atoms with E-state index in [4.69, 9.17) is 0 Å². The first kappa shape index (κ1) is 19.6. The molecule has 1 aromatic heterocycles. The molecular weight excluding hydrogens is 384 g/mol. The minimum Gasteiger partial charge on any atom is -0.273 e. The molecule has 0 spiro atoms. The van der Waals surface area contributed by atoms with Crippen LogP contribution in [0, 0.1) is 11.6 Å². The molecule has 144 valence electrons. The Morgan fingerprint density at radius 1 is 0.964 bits per heavy atom. The Morgan fingerprint density at radius 3 is 2.43 bits per heavy atom. The normalized spacial score (nSPS) is 10.5. The lowest BCUT2D eigenvalue weighted by Gasteiger charge is -2.07. The van der Waals surface area contributed by atoms with Gasteiger partial charge in [-0.05, 0) is 42.3 Å². The molecule has 2 amide bonds. The van der Waals surface area contributed by atoms with Crippen LogP contribution in [-0.4, -0.2) is 16.8 Å². The van der Waals surface area contributed by atoms with Crippen molar-refractivity contribution in [2.24, 2.45) is 0 Å². The van der Waals surface area contributed by atoms with E-state index in [1.807, 2.05) is 0 Å². The van der Waals surface area contributed by atoms with Crippen molar-refractivity contribution in [1.82, 2.24) is 15.8 Å². The first-order valence-electron chi connectivity index (χ1n) is 8.52. The summed E-state index contributed by atoms with van der Waals surface area (Å²) < 4.78 is 26.5. The number of aromatic nitrogens is 1. The third kappa shape index (κ3) is 5.43. The van der Waals surface area contributed by atoms with Gasteiger partial charge in [0, 0.05) is 17.4 Å².